The summed E-state index contributed by atoms with van der Waals surface area (Å²) >= 11 is 3.22. The van der Waals surface area contributed by atoms with Crippen LogP contribution in [0.3, 0.4) is 0 Å². The van der Waals surface area contributed by atoms with E-state index in [0.29, 0.717) is 13.1 Å². The molecule has 360 valence electrons. The summed E-state index contributed by atoms with van der Waals surface area (Å²) in [5.41, 5.74) is 9.88. The number of carbonyl (C=O) groups is 4. The number of aliphatic hydroxyl groups is 2. The number of nitrogens with zero attached hydrogens (tertiary/aromatic N) is 6. The third-order valence-electron chi connectivity index (χ3n) is 12.7. The molecule has 4 amide bonds. The third-order valence-corrected chi connectivity index (χ3v) is 14.7. The SMILES string of the molecule is Cc1ncsc1-c1ccc(CNC(=O)C2C[C@@H](O)CN2C(=O)[C@@H](C)N2CCNCC2)cc1.Cc1ncsc1-c1ccc(CNC(=O)C2C[C@@H](O)CN2C(=O)[C@H](C)N2CCNCC2)cc1.Cl.Cl. The van der Waals surface area contributed by atoms with Gasteiger partial charge in [-0.15, -0.1) is 47.5 Å². The molecule has 2 unspecified atom stereocenters. The highest BCUT2D eigenvalue weighted by Gasteiger charge is 2.42. The van der Waals surface area contributed by atoms with Gasteiger partial charge in [0, 0.05) is 91.4 Å². The van der Waals surface area contributed by atoms with Crippen molar-refractivity contribution in [1.82, 2.24) is 50.8 Å². The molecule has 6 heterocycles. The molecule has 0 spiro atoms. The standard InChI is InChI=1S/2C23H31N5O3S.2ClH/c2*1-15-21(32-14-26-15)18-5-3-17(4-6-18)12-25-22(30)20-11-19(29)13-28(20)23(31)16(2)27-9-7-24-8-10-27;;/h2*3-6,14,16,19-20,24,29H,7-13H2,1-2H3,(H,25,30);2*1H/t16-,19+,20?;16-,19-,20?;;/m01../s1. The summed E-state index contributed by atoms with van der Waals surface area (Å²) in [6.07, 6.45) is -0.802. The Morgan fingerprint density at radius 3 is 1.30 bits per heavy atom. The van der Waals surface area contributed by atoms with E-state index in [-0.39, 0.29) is 86.5 Å². The van der Waals surface area contributed by atoms with Gasteiger partial charge in [0.2, 0.25) is 23.6 Å². The lowest BCUT2D eigenvalue weighted by molar-refractivity contribution is -0.142. The Bertz CT molecular complexity index is 2050. The first-order valence-electron chi connectivity index (χ1n) is 22.3. The van der Waals surface area contributed by atoms with Crippen molar-refractivity contribution in [3.05, 3.63) is 82.1 Å². The van der Waals surface area contributed by atoms with Crippen molar-refractivity contribution < 1.29 is 29.4 Å². The lowest BCUT2D eigenvalue weighted by Crippen LogP contribution is -2.56. The molecule has 6 atom stereocenters. The summed E-state index contributed by atoms with van der Waals surface area (Å²) in [6.45, 7) is 15.5. The summed E-state index contributed by atoms with van der Waals surface area (Å²) < 4.78 is 0. The summed E-state index contributed by atoms with van der Waals surface area (Å²) in [7, 11) is 0. The fourth-order valence-electron chi connectivity index (χ4n) is 8.86. The molecular weight excluding hydrogens is 924 g/mol. The van der Waals surface area contributed by atoms with E-state index >= 15 is 0 Å². The van der Waals surface area contributed by atoms with Crippen LogP contribution in [0.15, 0.2) is 59.6 Å². The number of aromatic nitrogens is 2. The van der Waals surface area contributed by atoms with Crippen molar-refractivity contribution in [3.8, 4) is 20.9 Å². The minimum Gasteiger partial charge on any atom is -0.391 e. The number of aryl methyl sites for hydroxylation is 2. The van der Waals surface area contributed by atoms with Gasteiger partial charge in [0.15, 0.2) is 0 Å². The Balaban J connectivity index is 0.000000240. The van der Waals surface area contributed by atoms with Crippen molar-refractivity contribution in [2.75, 3.05) is 65.4 Å². The number of hydrogen-bond acceptors (Lipinski definition) is 14. The van der Waals surface area contributed by atoms with Crippen molar-refractivity contribution in [3.63, 3.8) is 0 Å². The number of likely N-dealkylation sites (tertiary alicyclic amines) is 2. The highest BCUT2D eigenvalue weighted by molar-refractivity contribution is 7.13. The van der Waals surface area contributed by atoms with Crippen molar-refractivity contribution in [2.45, 2.75) is 90.0 Å². The molecule has 8 rings (SSSR count). The van der Waals surface area contributed by atoms with E-state index in [0.717, 1.165) is 95.8 Å². The zero-order valence-corrected chi connectivity index (χ0v) is 41.2. The molecule has 4 aromatic rings. The van der Waals surface area contributed by atoms with Gasteiger partial charge in [0.05, 0.1) is 56.5 Å². The van der Waals surface area contributed by atoms with Crippen LogP contribution >= 0.6 is 47.5 Å². The van der Waals surface area contributed by atoms with Crippen molar-refractivity contribution >= 4 is 71.1 Å². The number of halogens is 2. The van der Waals surface area contributed by atoms with E-state index < -0.39 is 24.3 Å². The number of carbonyl (C=O) groups excluding carboxylic acids is 4. The number of benzene rings is 2. The molecule has 0 saturated carbocycles. The summed E-state index contributed by atoms with van der Waals surface area (Å²) in [5.74, 6) is -0.615. The highest BCUT2D eigenvalue weighted by Crippen LogP contribution is 2.29. The van der Waals surface area contributed by atoms with Crippen molar-refractivity contribution in [2.24, 2.45) is 0 Å². The first-order valence-corrected chi connectivity index (χ1v) is 24.0. The first-order chi connectivity index (χ1) is 30.9. The van der Waals surface area contributed by atoms with Crippen LogP contribution in [0.4, 0.5) is 0 Å². The van der Waals surface area contributed by atoms with Gasteiger partial charge in [-0.05, 0) is 49.9 Å². The van der Waals surface area contributed by atoms with Gasteiger partial charge in [0.1, 0.15) is 12.1 Å². The Hall–Kier alpha value is -4.08. The Morgan fingerprint density at radius 1 is 0.636 bits per heavy atom. The molecule has 0 radical (unpaired) electrons. The average molecular weight is 988 g/mol. The number of piperazine rings is 2. The van der Waals surface area contributed by atoms with Crippen molar-refractivity contribution in [1.29, 1.82) is 0 Å². The first kappa shape index (κ1) is 52.9. The quantitative estimate of drug-likeness (QED) is 0.122. The molecule has 66 heavy (non-hydrogen) atoms. The van der Waals surface area contributed by atoms with Gasteiger partial charge < -0.3 is 41.3 Å². The fourth-order valence-corrected chi connectivity index (χ4v) is 10.5. The molecule has 4 saturated heterocycles. The minimum absolute atomic E-state index is 0. The van der Waals surface area contributed by atoms with E-state index in [4.69, 9.17) is 0 Å². The number of aliphatic hydroxyl groups excluding tert-OH is 2. The van der Waals surface area contributed by atoms with E-state index in [9.17, 15) is 29.4 Å². The molecule has 2 aromatic carbocycles. The van der Waals surface area contributed by atoms with Crippen LogP contribution in [0.2, 0.25) is 0 Å². The van der Waals surface area contributed by atoms with Crippen LogP contribution in [0.5, 0.6) is 0 Å². The zero-order chi connectivity index (χ0) is 45.3. The molecule has 4 aliphatic heterocycles. The average Bonchev–Trinajstić information content (AvgIpc) is 4.14. The maximum atomic E-state index is 13.1. The van der Waals surface area contributed by atoms with Gasteiger partial charge in [-0.25, -0.2) is 9.97 Å². The normalized spacial score (nSPS) is 22.0. The second kappa shape index (κ2) is 24.8. The third kappa shape index (κ3) is 13.1. The molecule has 0 aliphatic carbocycles. The molecule has 4 fully saturated rings. The van der Waals surface area contributed by atoms with Crippen LogP contribution < -0.4 is 21.3 Å². The Morgan fingerprint density at radius 2 is 0.985 bits per heavy atom. The van der Waals surface area contributed by atoms with Gasteiger partial charge >= 0.3 is 0 Å². The van der Waals surface area contributed by atoms with Crippen LogP contribution in [0.1, 0.15) is 49.2 Å². The molecule has 6 N–H and O–H groups in total. The van der Waals surface area contributed by atoms with Gasteiger partial charge in [-0.2, -0.15) is 0 Å². The fraction of sp³-hybridized carbons (Fsp3) is 0.522. The number of thiazole rings is 2. The lowest BCUT2D eigenvalue weighted by Gasteiger charge is -2.35. The predicted molar refractivity (Wildman–Crippen MR) is 263 cm³/mol. The van der Waals surface area contributed by atoms with Crippen LogP contribution in [-0.4, -0.2) is 165 Å². The molecule has 20 heteroatoms. The zero-order valence-electron chi connectivity index (χ0n) is 38.0. The molecule has 2 aromatic heterocycles. The van der Waals surface area contributed by atoms with E-state index in [1.165, 1.54) is 0 Å². The molecule has 16 nitrogen and oxygen atoms in total. The number of amides is 4. The summed E-state index contributed by atoms with van der Waals surface area (Å²) in [4.78, 5) is 70.4. The monoisotopic (exact) mass is 986 g/mol. The summed E-state index contributed by atoms with van der Waals surface area (Å²) in [5, 5.41) is 32.9. The minimum atomic E-state index is -0.674. The number of hydrogen-bond donors (Lipinski definition) is 6. The Kier molecular flexibility index (Phi) is 19.9. The van der Waals surface area contributed by atoms with E-state index in [2.05, 4.69) is 41.0 Å². The van der Waals surface area contributed by atoms with Crippen LogP contribution in [0, 0.1) is 13.8 Å². The summed E-state index contributed by atoms with van der Waals surface area (Å²) in [6, 6.07) is 14.2. The second-order valence-corrected chi connectivity index (χ2v) is 18.8. The number of nitrogens with one attached hydrogen (secondary N) is 4. The topological polar surface area (TPSA) is 196 Å². The molecule has 0 bridgehead atoms. The second-order valence-electron chi connectivity index (χ2n) is 17.1. The predicted octanol–water partition coefficient (Wildman–Crippen LogP) is 2.82. The van der Waals surface area contributed by atoms with Crippen LogP contribution in [0.25, 0.3) is 20.9 Å². The largest absolute Gasteiger partial charge is 0.391 e. The van der Waals surface area contributed by atoms with E-state index in [1.54, 1.807) is 32.5 Å². The van der Waals surface area contributed by atoms with E-state index in [1.807, 2.05) is 87.2 Å². The highest BCUT2D eigenvalue weighted by atomic mass is 35.5. The molecule has 4 aliphatic rings. The number of rotatable bonds is 12. The maximum absolute atomic E-state index is 13.1. The number of β-amino-alcohol motifs (C(OH)–C–C–N with tert-alkyl or cyclic N) is 2. The molecular formula is C46H64Cl2N10O6S2. The van der Waals surface area contributed by atoms with Gasteiger partial charge in [-0.1, -0.05) is 48.5 Å². The van der Waals surface area contributed by atoms with Gasteiger partial charge in [-0.3, -0.25) is 29.0 Å². The Labute approximate surface area is 407 Å². The lowest BCUT2D eigenvalue weighted by atomic mass is 10.1. The van der Waals surface area contributed by atoms with Crippen LogP contribution in [-0.2, 0) is 32.3 Å². The smallest absolute Gasteiger partial charge is 0.243 e. The van der Waals surface area contributed by atoms with Gasteiger partial charge in [0.25, 0.3) is 0 Å². The maximum Gasteiger partial charge on any atom is 0.243 e.